The van der Waals surface area contributed by atoms with E-state index in [4.69, 9.17) is 4.74 Å². The molecule has 1 aliphatic heterocycles. The molecule has 0 unspecified atom stereocenters. The number of aromatic nitrogens is 5. The van der Waals surface area contributed by atoms with Gasteiger partial charge in [0.1, 0.15) is 23.5 Å². The van der Waals surface area contributed by atoms with Gasteiger partial charge >= 0.3 is 0 Å². The van der Waals surface area contributed by atoms with Crippen molar-refractivity contribution in [1.82, 2.24) is 24.3 Å². The van der Waals surface area contributed by atoms with Crippen molar-refractivity contribution in [3.05, 3.63) is 64.9 Å². The van der Waals surface area contributed by atoms with Crippen molar-refractivity contribution in [2.45, 2.75) is 38.6 Å². The van der Waals surface area contributed by atoms with Gasteiger partial charge in [-0.15, -0.1) is 0 Å². The number of aryl methyl sites for hydroxylation is 1. The Morgan fingerprint density at radius 1 is 1.21 bits per heavy atom. The van der Waals surface area contributed by atoms with Crippen molar-refractivity contribution in [1.29, 1.82) is 5.26 Å². The minimum Gasteiger partial charge on any atom is -0.493 e. The van der Waals surface area contributed by atoms with E-state index in [2.05, 4.69) is 31.3 Å². The molecule has 164 valence electrons. The van der Waals surface area contributed by atoms with E-state index in [0.717, 1.165) is 46.8 Å². The molecular weight excluding hydrogens is 421 g/mol. The topological polar surface area (TPSA) is 101 Å². The van der Waals surface area contributed by atoms with Crippen LogP contribution in [0.2, 0.25) is 0 Å². The lowest BCUT2D eigenvalue weighted by atomic mass is 10.0. The van der Waals surface area contributed by atoms with Crippen molar-refractivity contribution >= 4 is 11.6 Å². The Bertz CT molecular complexity index is 1450. The summed E-state index contributed by atoms with van der Waals surface area (Å²) < 4.78 is 21.8. The van der Waals surface area contributed by atoms with E-state index in [1.807, 2.05) is 13.1 Å². The Morgan fingerprint density at radius 2 is 2.06 bits per heavy atom. The summed E-state index contributed by atoms with van der Waals surface area (Å²) in [7, 11) is 0. The Labute approximate surface area is 189 Å². The number of nitrogens with one attached hydrogen (secondary N) is 1. The van der Waals surface area contributed by atoms with Crippen molar-refractivity contribution in [2.24, 2.45) is 0 Å². The molecule has 1 N–H and O–H groups in total. The van der Waals surface area contributed by atoms with Gasteiger partial charge in [0, 0.05) is 59.2 Å². The molecule has 1 saturated carbocycles. The molecule has 0 bridgehead atoms. The quantitative estimate of drug-likeness (QED) is 0.501. The molecule has 33 heavy (non-hydrogen) atoms. The fourth-order valence-electron chi connectivity index (χ4n) is 4.31. The molecule has 0 radical (unpaired) electrons. The van der Waals surface area contributed by atoms with Gasteiger partial charge in [0.25, 0.3) is 0 Å². The molecule has 2 aliphatic rings. The first-order valence-electron chi connectivity index (χ1n) is 10.9. The van der Waals surface area contributed by atoms with Crippen LogP contribution in [0.1, 0.15) is 47.1 Å². The maximum Gasteiger partial charge on any atom is 0.208 e. The number of fused-ring (bicyclic) bond motifs is 2. The number of nitrogens with zero attached hydrogens (tertiary/aromatic N) is 6. The van der Waals surface area contributed by atoms with E-state index in [1.165, 1.54) is 6.07 Å². The first-order valence-corrected chi connectivity index (χ1v) is 10.9. The van der Waals surface area contributed by atoms with Crippen LogP contribution in [0.5, 0.6) is 5.75 Å². The molecule has 0 spiro atoms. The molecule has 3 aromatic heterocycles. The molecule has 0 amide bonds. The summed E-state index contributed by atoms with van der Waals surface area (Å²) in [6.07, 6.45) is 8.07. The predicted octanol–water partition coefficient (Wildman–Crippen LogP) is 3.93. The summed E-state index contributed by atoms with van der Waals surface area (Å²) in [5, 5.41) is 12.7. The standard InChI is InChI=1S/C24H20FN7O/c1-13-17(9-27-22(30-13)14-2-3-14)19-11-29-24(32-12-15(8-26)31-23(19)32)28-10-18-16-6-7-33-21(16)5-4-20(18)25/h4-5,9,11-12,14H,2-3,6-7,10H2,1H3,(H,28,29). The van der Waals surface area contributed by atoms with E-state index in [1.54, 1.807) is 22.9 Å². The number of benzene rings is 1. The smallest absolute Gasteiger partial charge is 0.208 e. The maximum atomic E-state index is 14.6. The van der Waals surface area contributed by atoms with E-state index in [0.29, 0.717) is 36.1 Å². The molecule has 6 rings (SSSR count). The highest BCUT2D eigenvalue weighted by atomic mass is 19.1. The molecule has 0 saturated heterocycles. The summed E-state index contributed by atoms with van der Waals surface area (Å²) in [6.45, 7) is 2.73. The van der Waals surface area contributed by atoms with Crippen LogP contribution in [0.25, 0.3) is 16.8 Å². The second-order valence-corrected chi connectivity index (χ2v) is 8.38. The van der Waals surface area contributed by atoms with Crippen LogP contribution in [0.15, 0.2) is 30.7 Å². The molecule has 1 aromatic carbocycles. The number of hydrogen-bond donors (Lipinski definition) is 1. The van der Waals surface area contributed by atoms with Crippen molar-refractivity contribution < 1.29 is 9.13 Å². The third-order valence-corrected chi connectivity index (χ3v) is 6.20. The van der Waals surface area contributed by atoms with Crippen LogP contribution in [0.4, 0.5) is 10.3 Å². The second-order valence-electron chi connectivity index (χ2n) is 8.38. The minimum atomic E-state index is -0.286. The molecule has 8 nitrogen and oxygen atoms in total. The molecule has 1 fully saturated rings. The first-order chi connectivity index (χ1) is 16.1. The summed E-state index contributed by atoms with van der Waals surface area (Å²) in [4.78, 5) is 18.3. The summed E-state index contributed by atoms with van der Waals surface area (Å²) in [5.41, 5.74) is 4.67. The highest BCUT2D eigenvalue weighted by Gasteiger charge is 2.27. The number of anilines is 1. The van der Waals surface area contributed by atoms with Gasteiger partial charge < -0.3 is 10.1 Å². The number of ether oxygens (including phenoxy) is 1. The van der Waals surface area contributed by atoms with E-state index >= 15 is 0 Å². The Morgan fingerprint density at radius 3 is 2.85 bits per heavy atom. The minimum absolute atomic E-state index is 0.234. The number of imidazole rings is 1. The van der Waals surface area contributed by atoms with E-state index < -0.39 is 0 Å². The molecule has 1 aliphatic carbocycles. The Balaban J connectivity index is 1.39. The Kier molecular flexibility index (Phi) is 4.47. The highest BCUT2D eigenvalue weighted by molar-refractivity contribution is 5.79. The van der Waals surface area contributed by atoms with Gasteiger partial charge in [0.05, 0.1) is 12.8 Å². The molecule has 4 heterocycles. The zero-order chi connectivity index (χ0) is 22.5. The SMILES string of the molecule is Cc1nc(C2CC2)ncc1-c1cnc(NCc2c(F)ccc3c2CCO3)n2cc(C#N)nc12. The molecular formula is C24H20FN7O. The van der Waals surface area contributed by atoms with Crippen LogP contribution < -0.4 is 10.1 Å². The normalized spacial score (nSPS) is 14.7. The fourth-order valence-corrected chi connectivity index (χ4v) is 4.31. The van der Waals surface area contributed by atoms with Crippen molar-refractivity contribution in [3.63, 3.8) is 0 Å². The average Bonchev–Trinajstić information content (AvgIpc) is 3.39. The molecule has 4 aromatic rings. The predicted molar refractivity (Wildman–Crippen MR) is 118 cm³/mol. The first kappa shape index (κ1) is 19.6. The lowest BCUT2D eigenvalue weighted by Gasteiger charge is -2.13. The van der Waals surface area contributed by atoms with E-state index in [-0.39, 0.29) is 18.1 Å². The van der Waals surface area contributed by atoms with Crippen LogP contribution in [0, 0.1) is 24.1 Å². The summed E-state index contributed by atoms with van der Waals surface area (Å²) >= 11 is 0. The van der Waals surface area contributed by atoms with Crippen LogP contribution in [0.3, 0.4) is 0 Å². The molecule has 0 atom stereocenters. The maximum absolute atomic E-state index is 14.6. The van der Waals surface area contributed by atoms with Crippen molar-refractivity contribution in [3.8, 4) is 22.9 Å². The zero-order valence-corrected chi connectivity index (χ0v) is 18.0. The lowest BCUT2D eigenvalue weighted by Crippen LogP contribution is -2.10. The lowest BCUT2D eigenvalue weighted by molar-refractivity contribution is 0.356. The van der Waals surface area contributed by atoms with E-state index in [9.17, 15) is 9.65 Å². The fraction of sp³-hybridized carbons (Fsp3) is 0.292. The Hall–Kier alpha value is -4.06. The van der Waals surface area contributed by atoms with Gasteiger partial charge in [-0.3, -0.25) is 4.40 Å². The van der Waals surface area contributed by atoms with Gasteiger partial charge in [-0.1, -0.05) is 0 Å². The van der Waals surface area contributed by atoms with Gasteiger partial charge in [-0.05, 0) is 31.9 Å². The van der Waals surface area contributed by atoms with Crippen LogP contribution in [-0.4, -0.2) is 30.9 Å². The van der Waals surface area contributed by atoms with Crippen LogP contribution >= 0.6 is 0 Å². The largest absolute Gasteiger partial charge is 0.493 e. The number of rotatable bonds is 5. The summed E-state index contributed by atoms with van der Waals surface area (Å²) in [5.74, 6) is 2.24. The van der Waals surface area contributed by atoms with Gasteiger partial charge in [-0.2, -0.15) is 5.26 Å². The third kappa shape index (κ3) is 3.35. The van der Waals surface area contributed by atoms with Gasteiger partial charge in [0.2, 0.25) is 5.95 Å². The monoisotopic (exact) mass is 441 g/mol. The molecule has 9 heteroatoms. The number of hydrogen-bond acceptors (Lipinski definition) is 7. The zero-order valence-electron chi connectivity index (χ0n) is 18.0. The van der Waals surface area contributed by atoms with Crippen LogP contribution in [-0.2, 0) is 13.0 Å². The third-order valence-electron chi connectivity index (χ3n) is 6.20. The average molecular weight is 441 g/mol. The van der Waals surface area contributed by atoms with Gasteiger partial charge in [0.15, 0.2) is 11.3 Å². The summed E-state index contributed by atoms with van der Waals surface area (Å²) in [6, 6.07) is 5.18. The highest BCUT2D eigenvalue weighted by Crippen LogP contribution is 2.39. The number of halogens is 1. The van der Waals surface area contributed by atoms with Gasteiger partial charge in [-0.25, -0.2) is 24.3 Å². The van der Waals surface area contributed by atoms with Crippen molar-refractivity contribution in [2.75, 3.05) is 11.9 Å². The number of nitriles is 1. The second kappa shape index (κ2) is 7.52.